The Kier molecular flexibility index (Phi) is 39.0. The maximum absolute atomic E-state index is 14.6. The van der Waals surface area contributed by atoms with Gasteiger partial charge in [-0.3, -0.25) is 28.3 Å². The first-order valence-corrected chi connectivity index (χ1v) is 51.5. The number of ether oxygens (including phenoxy) is 3. The Bertz CT molecular complexity index is 7490. The Morgan fingerprint density at radius 1 is 0.510 bits per heavy atom. The van der Waals surface area contributed by atoms with E-state index >= 15 is 0 Å². The Balaban J connectivity index is 0.000000199. The molecular formula is C96H89Cl4F4N10O28PS4. The molecule has 0 radical (unpaired) electrons. The number of carboxylic acid groups (broad SMARTS) is 2. The molecule has 51 heteroatoms. The molecule has 0 aromatic heterocycles. The maximum Gasteiger partial charge on any atom is 0.425 e. The van der Waals surface area contributed by atoms with Crippen LogP contribution in [0.5, 0.6) is 23.0 Å². The molecule has 4 amide bonds. The Morgan fingerprint density at radius 2 is 0.898 bits per heavy atom. The number of sulfone groups is 2. The number of amides is 4. The van der Waals surface area contributed by atoms with Gasteiger partial charge in [0.2, 0.25) is 0 Å². The lowest BCUT2D eigenvalue weighted by molar-refractivity contribution is -0.281. The lowest BCUT2D eigenvalue weighted by atomic mass is 9.84. The molecule has 3 unspecified atom stereocenters. The van der Waals surface area contributed by atoms with E-state index in [1.54, 1.807) is 36.4 Å². The van der Waals surface area contributed by atoms with Gasteiger partial charge in [-0.1, -0.05) is 82.8 Å². The zero-order chi connectivity index (χ0) is 109. The van der Waals surface area contributed by atoms with Crippen LogP contribution < -0.4 is 48.3 Å². The minimum atomic E-state index is -4.43. The minimum absolute atomic E-state index is 0.00274. The molecule has 147 heavy (non-hydrogen) atoms. The summed E-state index contributed by atoms with van der Waals surface area (Å²) in [5.74, 6) is -13.6. The molecule has 1 saturated heterocycles. The number of aliphatic hydroxyl groups is 4. The Hall–Kier alpha value is -13.6. The number of nitrogens with zero attached hydrogens (tertiary/aromatic N) is 4. The van der Waals surface area contributed by atoms with Crippen molar-refractivity contribution in [2.24, 2.45) is 32.9 Å². The molecule has 11 aromatic rings. The van der Waals surface area contributed by atoms with Gasteiger partial charge in [-0.15, -0.1) is 12.6 Å². The van der Waals surface area contributed by atoms with Crippen LogP contribution in [0.4, 0.5) is 28.9 Å². The first kappa shape index (κ1) is 115. The van der Waals surface area contributed by atoms with Gasteiger partial charge in [-0.25, -0.2) is 44.0 Å². The van der Waals surface area contributed by atoms with E-state index in [1.807, 2.05) is 50.5 Å². The number of aromatic carboxylic acids is 2. The number of halogens is 8. The van der Waals surface area contributed by atoms with Gasteiger partial charge in [0, 0.05) is 91.8 Å². The third kappa shape index (κ3) is 32.0. The zero-order valence-corrected chi connectivity index (χ0v) is 84.0. The standard InChI is InChI=1S/C26H21F2N3O8S.C24H27F2N3O9S.C23H21Cl2N2O4P.C23H20Cl2N2O4S.O3S/c1-13(23(32)31-26(29)30)6-14-9-20(27)22(21(28)10-14)39-18-2-4-19(5-3-18)40(37,38)12-15-7-16(24(33)34)11-17(8-15)25(35)36;1-11(22(33)29-24(27)28)8-12-9-15(25)21(16(26)10-12)37-13-2-4-14(5-3-13)39(35,36)7-6-17-18(30)19(31)20(32)23(34)38-17;2*1-27-12-20(19-10-16(24)11-22(25)21(19)13-27)14-5-7-17(8-6-14)26-23(28)15-3-2-4-18(9-15)32(29,30)31;1-4(2)3/h2-11H,12H2,1H3,(H,33,34)(H,35,36)(H4,29,30,31,32);2-5,8-10,17-20,23,30-32,34H,6-7H2,1H3,(H4,27,28,29,33);2-11,20H,12-13H2,1H3,(H,26,28)(H2,29,30,31);2-11,20H,12-13H2,1H3,(H,26,28)(H,29,30,31);/b13-6+;11-8+;;;/t;17-,18-,19+,20-,23?;;;/m.1.../s1. The van der Waals surface area contributed by atoms with Crippen LogP contribution in [0.25, 0.3) is 12.2 Å². The van der Waals surface area contributed by atoms with Crippen LogP contribution in [-0.4, -0.2) is 204 Å². The number of anilines is 2. The molecule has 3 heterocycles. The van der Waals surface area contributed by atoms with Crippen LogP contribution in [-0.2, 0) is 78.1 Å². The number of rotatable bonds is 25. The molecule has 1 fully saturated rings. The predicted octanol–water partition coefficient (Wildman–Crippen LogP) is 11.9. The molecule has 3 aliphatic heterocycles. The first-order valence-electron chi connectivity index (χ1n) is 42.6. The lowest BCUT2D eigenvalue weighted by Gasteiger charge is -2.38. The van der Waals surface area contributed by atoms with Crippen LogP contribution in [0.2, 0.25) is 20.1 Å². The molecule has 14 rings (SSSR count). The maximum atomic E-state index is 14.6. The molecular weight excluding hydrogens is 2120 g/mol. The van der Waals surface area contributed by atoms with Crippen molar-refractivity contribution in [3.05, 3.63) is 339 Å². The van der Waals surface area contributed by atoms with Crippen LogP contribution in [0, 0.1) is 23.3 Å². The molecule has 0 saturated carbocycles. The second kappa shape index (κ2) is 49.8. The van der Waals surface area contributed by atoms with Gasteiger partial charge in [-0.05, 0) is 273 Å². The number of aliphatic hydroxyl groups excluding tert-OH is 4. The molecule has 776 valence electrons. The summed E-state index contributed by atoms with van der Waals surface area (Å²) in [6.45, 7) is 5.81. The Morgan fingerprint density at radius 3 is 1.28 bits per heavy atom. The van der Waals surface area contributed by atoms with Crippen molar-refractivity contribution in [1.82, 2.24) is 9.80 Å². The summed E-state index contributed by atoms with van der Waals surface area (Å²) in [6.07, 6.45) is -6.11. The highest BCUT2D eigenvalue weighted by atomic mass is 35.5. The normalized spacial score (nSPS) is 16.8. The Labute approximate surface area is 857 Å². The first-order chi connectivity index (χ1) is 68.8. The van der Waals surface area contributed by atoms with E-state index in [0.29, 0.717) is 31.5 Å². The second-order valence-corrected chi connectivity index (χ2v) is 42.1. The zero-order valence-electron chi connectivity index (χ0n) is 76.8. The molecule has 0 aliphatic carbocycles. The fourth-order valence-corrected chi connectivity index (χ4v) is 19.9. The summed E-state index contributed by atoms with van der Waals surface area (Å²) in [6, 6.07) is 48.8. The lowest BCUT2D eigenvalue weighted by Crippen LogP contribution is -2.57. The number of nitrogens with two attached hydrogens (primary N) is 4. The van der Waals surface area contributed by atoms with Crippen molar-refractivity contribution in [2.75, 3.05) is 43.6 Å². The number of aliphatic imine (C=N–C) groups is 2. The van der Waals surface area contributed by atoms with E-state index in [0.717, 1.165) is 151 Å². The largest absolute Gasteiger partial charge is 0.478 e. The van der Waals surface area contributed by atoms with E-state index in [4.69, 9.17) is 96.2 Å². The van der Waals surface area contributed by atoms with E-state index in [1.165, 1.54) is 74.5 Å². The summed E-state index contributed by atoms with van der Waals surface area (Å²) in [5.41, 5.74) is 27.6. The molecule has 0 spiro atoms. The van der Waals surface area contributed by atoms with Gasteiger partial charge in [0.15, 0.2) is 72.7 Å². The van der Waals surface area contributed by atoms with Gasteiger partial charge < -0.3 is 98.0 Å². The number of fused-ring (bicyclic) bond motifs is 2. The minimum Gasteiger partial charge on any atom is -0.478 e. The highest BCUT2D eigenvalue weighted by molar-refractivity contribution is 7.91. The third-order valence-electron chi connectivity index (χ3n) is 21.9. The third-order valence-corrected chi connectivity index (χ3v) is 28.3. The highest BCUT2D eigenvalue weighted by Gasteiger charge is 2.44. The van der Waals surface area contributed by atoms with E-state index in [9.17, 15) is 121 Å². The average molecular weight is 2210 g/mol. The molecule has 7 atom stereocenters. The smallest absolute Gasteiger partial charge is 0.425 e. The van der Waals surface area contributed by atoms with Crippen molar-refractivity contribution in [3.63, 3.8) is 0 Å². The highest BCUT2D eigenvalue weighted by Crippen LogP contribution is 2.43. The summed E-state index contributed by atoms with van der Waals surface area (Å²) in [5, 5.41) is 65.0. The van der Waals surface area contributed by atoms with Crippen molar-refractivity contribution in [1.29, 1.82) is 0 Å². The number of guanidine groups is 2. The summed E-state index contributed by atoms with van der Waals surface area (Å²) in [4.78, 5) is 100. The van der Waals surface area contributed by atoms with Crippen LogP contribution in [0.3, 0.4) is 0 Å². The van der Waals surface area contributed by atoms with E-state index in [-0.39, 0.29) is 88.7 Å². The van der Waals surface area contributed by atoms with Gasteiger partial charge >= 0.3 is 30.1 Å². The van der Waals surface area contributed by atoms with Crippen LogP contribution >= 0.6 is 54.0 Å². The number of hydrogen-bond acceptors (Lipinski definition) is 25. The van der Waals surface area contributed by atoms with Crippen molar-refractivity contribution >= 4 is 171 Å². The van der Waals surface area contributed by atoms with Crippen LogP contribution in [0.1, 0.15) is 124 Å². The number of carboxylic acids is 2. The molecule has 3 aliphatic rings. The fraction of sp³-hybridized carbons (Fsp3) is 0.188. The number of carbonyl (C=O) groups excluding carboxylic acids is 4. The number of likely N-dealkylation sites (N-methyl/N-ethyl adjacent to an activating group) is 2. The number of carbonyl (C=O) groups is 6. The topological polar surface area (TPSA) is 642 Å². The van der Waals surface area contributed by atoms with E-state index < -0.39 is 184 Å². The van der Waals surface area contributed by atoms with Gasteiger partial charge in [-0.2, -0.15) is 18.4 Å². The second-order valence-electron chi connectivity index (χ2n) is 32.9. The number of benzene rings is 11. The molecule has 38 nitrogen and oxygen atoms in total. The summed E-state index contributed by atoms with van der Waals surface area (Å²) >= 11 is 25.4. The summed E-state index contributed by atoms with van der Waals surface area (Å²) < 4.78 is 194. The number of hydrogen-bond donors (Lipinski definition) is 15. The molecule has 11 aromatic carbocycles. The van der Waals surface area contributed by atoms with Crippen molar-refractivity contribution in [2.45, 2.75) is 96.3 Å². The van der Waals surface area contributed by atoms with Crippen LogP contribution in [0.15, 0.2) is 248 Å². The van der Waals surface area contributed by atoms with Crippen molar-refractivity contribution in [3.8, 4) is 23.0 Å². The monoisotopic (exact) mass is 2200 g/mol. The van der Waals surface area contributed by atoms with Gasteiger partial charge in [0.1, 0.15) is 29.8 Å². The average Bonchev–Trinajstić information content (AvgIpc) is 0.777. The van der Waals surface area contributed by atoms with Crippen molar-refractivity contribution < 1.29 is 148 Å². The summed E-state index contributed by atoms with van der Waals surface area (Å²) in [7, 11) is -15.9. The number of nitrogens with one attached hydrogen (secondary N) is 2. The van der Waals surface area contributed by atoms with Gasteiger partial charge in [0.05, 0.1) is 48.7 Å². The molecule has 0 bridgehead atoms. The molecule has 19 N–H and O–H groups in total. The predicted molar refractivity (Wildman–Crippen MR) is 534 cm³/mol. The van der Waals surface area contributed by atoms with E-state index in [2.05, 4.69) is 30.4 Å². The van der Waals surface area contributed by atoms with Gasteiger partial charge in [0.25, 0.3) is 33.7 Å². The quantitative estimate of drug-likeness (QED) is 0.00631. The fourth-order valence-electron chi connectivity index (χ4n) is 15.0. The SMILES string of the molecule is C/C(=C\c1cc(F)c(Oc2ccc(S(=O)(=O)CC[C@H]3OC(O)[C@H](O)[C@@H](O)[C@@H]3O)cc2)c(F)c1)C(=O)N=C(N)N.C/C(=C\c1cc(F)c(Oc2ccc(S(=O)(=O)Cc3cc(C(=O)O)cc(C(=O)O)c3)cc2)c(F)c1)C(=O)N=C(N)N.CN1Cc2c(Cl)cc(Cl)cc2C(c2ccc(NC(=O)c3cccc(P(=O)(O)O)c3)cc2)C1.CN1Cc2c(Cl)cc(Cl)cc2C(c2ccc(NC(=O)c3cccc(S(=O)(=O)O)c3)cc2)C1.O=S(=O)=O.